The lowest BCUT2D eigenvalue weighted by molar-refractivity contribution is -0.140. The van der Waals surface area contributed by atoms with Crippen LogP contribution in [-0.2, 0) is 9.53 Å². The smallest absolute Gasteiger partial charge is 0.251 e. The zero-order chi connectivity index (χ0) is 8.20. The molecule has 0 saturated heterocycles. The molecule has 0 rings (SSSR count). The third-order valence-corrected chi connectivity index (χ3v) is 1.12. The van der Waals surface area contributed by atoms with Crippen LogP contribution in [0, 0.1) is 0 Å². The Morgan fingerprint density at radius 3 is 2.60 bits per heavy atom. The average molecular weight is 147 g/mol. The predicted octanol–water partition coefficient (Wildman–Crippen LogP) is -0.741. The molecule has 0 spiro atoms. The molecule has 1 atom stereocenters. The fraction of sp³-hybridized carbons (Fsp3) is 0.833. The summed E-state index contributed by atoms with van der Waals surface area (Å²) in [4.78, 5) is 10.4. The summed E-state index contributed by atoms with van der Waals surface area (Å²) in [5.74, 6) is -0.763. The summed E-state index contributed by atoms with van der Waals surface area (Å²) in [6.07, 6.45) is 0. The Hall–Kier alpha value is -0.610. The molecule has 0 aromatic rings. The van der Waals surface area contributed by atoms with Gasteiger partial charge in [-0.1, -0.05) is 0 Å². The quantitative estimate of drug-likeness (QED) is 0.550. The summed E-state index contributed by atoms with van der Waals surface area (Å²) >= 11 is 0. The van der Waals surface area contributed by atoms with E-state index in [1.165, 1.54) is 6.92 Å². The maximum atomic E-state index is 10.4. The second kappa shape index (κ2) is 3.53. The van der Waals surface area contributed by atoms with Crippen molar-refractivity contribution >= 4 is 5.91 Å². The first-order valence-electron chi connectivity index (χ1n) is 3.10. The molecule has 4 nitrogen and oxygen atoms in total. The minimum Gasteiger partial charge on any atom is -0.378 e. The summed E-state index contributed by atoms with van der Waals surface area (Å²) in [5, 5.41) is 9.12. The van der Waals surface area contributed by atoms with Gasteiger partial charge in [-0.2, -0.15) is 0 Å². The van der Waals surface area contributed by atoms with E-state index in [4.69, 9.17) is 15.6 Å². The van der Waals surface area contributed by atoms with Crippen LogP contribution in [0.4, 0.5) is 0 Å². The first-order valence-corrected chi connectivity index (χ1v) is 3.10. The molecule has 60 valence electrons. The highest BCUT2D eigenvalue weighted by Gasteiger charge is 2.27. The van der Waals surface area contributed by atoms with Gasteiger partial charge < -0.3 is 15.6 Å². The predicted molar refractivity (Wildman–Crippen MR) is 36.3 cm³/mol. The molecular weight excluding hydrogens is 134 g/mol. The number of aliphatic hydroxyl groups is 1. The third kappa shape index (κ3) is 2.80. The van der Waals surface area contributed by atoms with Gasteiger partial charge in [-0.25, -0.2) is 0 Å². The topological polar surface area (TPSA) is 72.6 Å². The van der Waals surface area contributed by atoms with E-state index in [0.29, 0.717) is 6.61 Å². The zero-order valence-corrected chi connectivity index (χ0v) is 6.26. The number of carbonyl (C=O) groups is 1. The van der Waals surface area contributed by atoms with Gasteiger partial charge in [0.1, 0.15) is 0 Å². The molecule has 0 aliphatic heterocycles. The molecule has 10 heavy (non-hydrogen) atoms. The van der Waals surface area contributed by atoms with E-state index < -0.39 is 11.5 Å². The second-order valence-corrected chi connectivity index (χ2v) is 2.28. The Balaban J connectivity index is 3.75. The van der Waals surface area contributed by atoms with E-state index in [0.717, 1.165) is 0 Å². The molecule has 0 radical (unpaired) electrons. The normalized spacial score (nSPS) is 16.3. The highest BCUT2D eigenvalue weighted by molar-refractivity contribution is 5.82. The van der Waals surface area contributed by atoms with Crippen LogP contribution >= 0.6 is 0 Å². The molecule has 0 saturated carbocycles. The van der Waals surface area contributed by atoms with Crippen LogP contribution in [0.1, 0.15) is 13.8 Å². The molecule has 0 fully saturated rings. The van der Waals surface area contributed by atoms with Crippen molar-refractivity contribution in [2.24, 2.45) is 5.73 Å². The Labute approximate surface area is 60.0 Å². The number of amides is 1. The lowest BCUT2D eigenvalue weighted by atomic mass is 10.1. The molecule has 0 bridgehead atoms. The van der Waals surface area contributed by atoms with Crippen LogP contribution < -0.4 is 5.73 Å². The molecule has 1 amide bonds. The highest BCUT2D eigenvalue weighted by Crippen LogP contribution is 2.01. The summed E-state index contributed by atoms with van der Waals surface area (Å²) in [6, 6.07) is 0. The van der Waals surface area contributed by atoms with Crippen molar-refractivity contribution in [3.8, 4) is 0 Å². The lowest BCUT2D eigenvalue weighted by Gasteiger charge is -2.17. The van der Waals surface area contributed by atoms with Gasteiger partial charge in [-0.05, 0) is 13.8 Å². The van der Waals surface area contributed by atoms with Gasteiger partial charge in [0.05, 0.1) is 6.61 Å². The van der Waals surface area contributed by atoms with E-state index in [9.17, 15) is 4.79 Å². The molecule has 0 aromatic heterocycles. The van der Waals surface area contributed by atoms with Crippen molar-refractivity contribution in [3.05, 3.63) is 0 Å². The summed E-state index contributed by atoms with van der Waals surface area (Å²) in [5.41, 5.74) is 3.31. The summed E-state index contributed by atoms with van der Waals surface area (Å²) < 4.78 is 4.81. The van der Waals surface area contributed by atoms with Crippen LogP contribution in [0.5, 0.6) is 0 Å². The van der Waals surface area contributed by atoms with Crippen LogP contribution in [-0.4, -0.2) is 29.8 Å². The molecule has 4 heteroatoms. The number of carbonyl (C=O) groups excluding carboxylic acids is 1. The molecule has 0 aliphatic carbocycles. The van der Waals surface area contributed by atoms with Gasteiger partial charge in [-0.3, -0.25) is 4.79 Å². The number of hydrogen-bond donors (Lipinski definition) is 2. The Morgan fingerprint density at radius 2 is 2.30 bits per heavy atom. The molecule has 0 aromatic carbocycles. The van der Waals surface area contributed by atoms with Crippen molar-refractivity contribution in [2.45, 2.75) is 19.4 Å². The van der Waals surface area contributed by atoms with Crippen molar-refractivity contribution in [2.75, 3.05) is 13.2 Å². The van der Waals surface area contributed by atoms with Gasteiger partial charge in [0.2, 0.25) is 0 Å². The molecule has 0 aliphatic rings. The SMILES string of the molecule is CCOCC(C)(O)C(N)=O. The van der Waals surface area contributed by atoms with Gasteiger partial charge in [0, 0.05) is 6.61 Å². The maximum Gasteiger partial charge on any atom is 0.251 e. The Morgan fingerprint density at radius 1 is 1.80 bits per heavy atom. The molecule has 3 N–H and O–H groups in total. The standard InChI is InChI=1S/C6H13NO3/c1-3-10-4-6(2,9)5(7)8/h9H,3-4H2,1-2H3,(H2,7,8). The van der Waals surface area contributed by atoms with Crippen LogP contribution in [0.3, 0.4) is 0 Å². The van der Waals surface area contributed by atoms with Gasteiger partial charge in [0.15, 0.2) is 5.60 Å². The molecule has 1 unspecified atom stereocenters. The van der Waals surface area contributed by atoms with Gasteiger partial charge in [-0.15, -0.1) is 0 Å². The highest BCUT2D eigenvalue weighted by atomic mass is 16.5. The van der Waals surface area contributed by atoms with Crippen molar-refractivity contribution in [3.63, 3.8) is 0 Å². The number of ether oxygens (including phenoxy) is 1. The second-order valence-electron chi connectivity index (χ2n) is 2.28. The maximum absolute atomic E-state index is 10.4. The monoisotopic (exact) mass is 147 g/mol. The van der Waals surface area contributed by atoms with Crippen molar-refractivity contribution in [1.29, 1.82) is 0 Å². The third-order valence-electron chi connectivity index (χ3n) is 1.12. The van der Waals surface area contributed by atoms with Crippen LogP contribution in [0.2, 0.25) is 0 Å². The minimum atomic E-state index is -1.53. The average Bonchev–Trinajstić information content (AvgIpc) is 1.84. The van der Waals surface area contributed by atoms with E-state index >= 15 is 0 Å². The molecular formula is C6H13NO3. The number of rotatable bonds is 4. The van der Waals surface area contributed by atoms with Crippen LogP contribution in [0.25, 0.3) is 0 Å². The number of hydrogen-bond acceptors (Lipinski definition) is 3. The van der Waals surface area contributed by atoms with E-state index in [-0.39, 0.29) is 6.61 Å². The first-order chi connectivity index (χ1) is 4.50. The fourth-order valence-corrected chi connectivity index (χ4v) is 0.372. The van der Waals surface area contributed by atoms with Crippen molar-refractivity contribution in [1.82, 2.24) is 0 Å². The van der Waals surface area contributed by atoms with E-state index in [1.54, 1.807) is 6.92 Å². The largest absolute Gasteiger partial charge is 0.378 e. The van der Waals surface area contributed by atoms with E-state index in [2.05, 4.69) is 0 Å². The van der Waals surface area contributed by atoms with Crippen LogP contribution in [0.15, 0.2) is 0 Å². The number of primary amides is 1. The number of nitrogens with two attached hydrogens (primary N) is 1. The van der Waals surface area contributed by atoms with E-state index in [1.807, 2.05) is 0 Å². The minimum absolute atomic E-state index is 0.0428. The Kier molecular flexibility index (Phi) is 3.32. The summed E-state index contributed by atoms with van der Waals surface area (Å²) in [7, 11) is 0. The van der Waals surface area contributed by atoms with Crippen molar-refractivity contribution < 1.29 is 14.6 Å². The van der Waals surface area contributed by atoms with Gasteiger partial charge >= 0.3 is 0 Å². The summed E-state index contributed by atoms with van der Waals surface area (Å²) in [6.45, 7) is 3.52. The lowest BCUT2D eigenvalue weighted by Crippen LogP contribution is -2.44. The van der Waals surface area contributed by atoms with Gasteiger partial charge in [0.25, 0.3) is 5.91 Å². The molecule has 0 heterocycles. The fourth-order valence-electron chi connectivity index (χ4n) is 0.372. The Bertz CT molecular complexity index is 122. The zero-order valence-electron chi connectivity index (χ0n) is 6.26. The first kappa shape index (κ1) is 9.39.